The Hall–Kier alpha value is -1.84. The molecule has 0 spiro atoms. The van der Waals surface area contributed by atoms with Crippen molar-refractivity contribution < 1.29 is 4.42 Å². The van der Waals surface area contributed by atoms with Crippen LogP contribution in [0, 0.1) is 6.92 Å². The molecule has 2 rings (SSSR count). The van der Waals surface area contributed by atoms with Crippen LogP contribution < -0.4 is 5.32 Å². The number of unbranched alkanes of at least 4 members (excludes halogenated alkanes) is 2. The molecule has 2 aromatic rings. The van der Waals surface area contributed by atoms with Gasteiger partial charge in [0, 0.05) is 17.3 Å². The van der Waals surface area contributed by atoms with E-state index < -0.39 is 0 Å². The highest BCUT2D eigenvalue weighted by Crippen LogP contribution is 2.24. The zero-order valence-electron chi connectivity index (χ0n) is 12.5. The standard InChI is InChI=1S/C16H23N3O/c1-4-5-6-7-13(3)18-15-10-14(9-8-12(15)2)16-19-17-11-20-16/h8-11,13,18H,4-7H2,1-3H3. The summed E-state index contributed by atoms with van der Waals surface area (Å²) in [6, 6.07) is 6.65. The van der Waals surface area contributed by atoms with E-state index in [1.165, 1.54) is 37.6 Å². The lowest BCUT2D eigenvalue weighted by molar-refractivity contribution is 0.568. The van der Waals surface area contributed by atoms with Crippen LogP contribution in [0.1, 0.15) is 45.1 Å². The van der Waals surface area contributed by atoms with E-state index in [0.29, 0.717) is 11.9 Å². The molecule has 1 unspecified atom stereocenters. The highest BCUT2D eigenvalue weighted by molar-refractivity contribution is 5.64. The monoisotopic (exact) mass is 273 g/mol. The third-order valence-electron chi connectivity index (χ3n) is 3.49. The zero-order chi connectivity index (χ0) is 14.4. The van der Waals surface area contributed by atoms with Crippen LogP contribution in [0.2, 0.25) is 0 Å². The fourth-order valence-electron chi connectivity index (χ4n) is 2.25. The van der Waals surface area contributed by atoms with Gasteiger partial charge in [-0.25, -0.2) is 0 Å². The molecule has 20 heavy (non-hydrogen) atoms. The van der Waals surface area contributed by atoms with Gasteiger partial charge in [0.2, 0.25) is 12.3 Å². The zero-order valence-corrected chi connectivity index (χ0v) is 12.5. The normalized spacial score (nSPS) is 12.3. The summed E-state index contributed by atoms with van der Waals surface area (Å²) in [5.41, 5.74) is 3.33. The van der Waals surface area contributed by atoms with E-state index in [9.17, 15) is 0 Å². The first kappa shape index (κ1) is 14.6. The lowest BCUT2D eigenvalue weighted by Gasteiger charge is -2.17. The molecule has 0 aliphatic carbocycles. The van der Waals surface area contributed by atoms with E-state index in [1.807, 2.05) is 6.07 Å². The van der Waals surface area contributed by atoms with Gasteiger partial charge in [-0.15, -0.1) is 10.2 Å². The van der Waals surface area contributed by atoms with E-state index in [2.05, 4.69) is 48.4 Å². The molecule has 0 saturated heterocycles. The van der Waals surface area contributed by atoms with Crippen LogP contribution in [0.5, 0.6) is 0 Å². The summed E-state index contributed by atoms with van der Waals surface area (Å²) in [5, 5.41) is 11.3. The van der Waals surface area contributed by atoms with E-state index in [4.69, 9.17) is 4.42 Å². The number of nitrogens with zero attached hydrogens (tertiary/aromatic N) is 2. The fourth-order valence-corrected chi connectivity index (χ4v) is 2.25. The first-order valence-electron chi connectivity index (χ1n) is 7.34. The van der Waals surface area contributed by atoms with E-state index >= 15 is 0 Å². The van der Waals surface area contributed by atoms with Gasteiger partial charge in [-0.1, -0.05) is 32.3 Å². The number of benzene rings is 1. The van der Waals surface area contributed by atoms with Crippen LogP contribution >= 0.6 is 0 Å². The molecule has 0 aliphatic rings. The van der Waals surface area contributed by atoms with Gasteiger partial charge in [0.1, 0.15) is 0 Å². The highest BCUT2D eigenvalue weighted by atomic mass is 16.4. The number of anilines is 1. The van der Waals surface area contributed by atoms with Crippen LogP contribution in [-0.2, 0) is 0 Å². The molecule has 0 saturated carbocycles. The predicted molar refractivity (Wildman–Crippen MR) is 81.7 cm³/mol. The Morgan fingerprint density at radius 3 is 2.85 bits per heavy atom. The van der Waals surface area contributed by atoms with Crippen molar-refractivity contribution in [2.24, 2.45) is 0 Å². The van der Waals surface area contributed by atoms with Gasteiger partial charge in [-0.3, -0.25) is 0 Å². The topological polar surface area (TPSA) is 51.0 Å². The number of hydrogen-bond donors (Lipinski definition) is 1. The van der Waals surface area contributed by atoms with Crippen LogP contribution in [0.4, 0.5) is 5.69 Å². The van der Waals surface area contributed by atoms with Crippen molar-refractivity contribution in [2.75, 3.05) is 5.32 Å². The van der Waals surface area contributed by atoms with E-state index in [-0.39, 0.29) is 0 Å². The van der Waals surface area contributed by atoms with Crippen molar-refractivity contribution in [1.82, 2.24) is 10.2 Å². The van der Waals surface area contributed by atoms with Crippen molar-refractivity contribution >= 4 is 5.69 Å². The Labute approximate surface area is 120 Å². The number of aromatic nitrogens is 2. The Morgan fingerprint density at radius 1 is 1.30 bits per heavy atom. The second kappa shape index (κ2) is 7.08. The van der Waals surface area contributed by atoms with Gasteiger partial charge in [-0.05, 0) is 38.0 Å². The molecule has 0 radical (unpaired) electrons. The SMILES string of the molecule is CCCCCC(C)Nc1cc(-c2nnco2)ccc1C. The molecule has 4 nitrogen and oxygen atoms in total. The molecular formula is C16H23N3O. The third-order valence-corrected chi connectivity index (χ3v) is 3.49. The van der Waals surface area contributed by atoms with Crippen molar-refractivity contribution in [3.8, 4) is 11.5 Å². The van der Waals surface area contributed by atoms with Gasteiger partial charge in [-0.2, -0.15) is 0 Å². The molecule has 4 heteroatoms. The lowest BCUT2D eigenvalue weighted by Crippen LogP contribution is -2.15. The van der Waals surface area contributed by atoms with E-state index in [0.717, 1.165) is 11.3 Å². The fraction of sp³-hybridized carbons (Fsp3) is 0.500. The smallest absolute Gasteiger partial charge is 0.247 e. The van der Waals surface area contributed by atoms with Crippen LogP contribution in [0.15, 0.2) is 29.0 Å². The molecule has 1 heterocycles. The number of rotatable bonds is 7. The van der Waals surface area contributed by atoms with E-state index in [1.54, 1.807) is 0 Å². The molecule has 108 valence electrons. The lowest BCUT2D eigenvalue weighted by atomic mass is 10.1. The number of aryl methyl sites for hydroxylation is 1. The Morgan fingerprint density at radius 2 is 2.15 bits per heavy atom. The molecule has 0 amide bonds. The average Bonchev–Trinajstić information content (AvgIpc) is 2.95. The van der Waals surface area contributed by atoms with Gasteiger partial charge in [0.25, 0.3) is 0 Å². The first-order chi connectivity index (χ1) is 9.70. The van der Waals surface area contributed by atoms with Crippen molar-refractivity contribution in [3.05, 3.63) is 30.2 Å². The minimum Gasteiger partial charge on any atom is -0.423 e. The molecule has 1 N–H and O–H groups in total. The predicted octanol–water partition coefficient (Wildman–Crippen LogP) is 4.43. The maximum atomic E-state index is 5.25. The maximum absolute atomic E-state index is 5.25. The second-order valence-corrected chi connectivity index (χ2v) is 5.31. The maximum Gasteiger partial charge on any atom is 0.247 e. The molecule has 1 aromatic carbocycles. The Balaban J connectivity index is 2.05. The largest absolute Gasteiger partial charge is 0.423 e. The van der Waals surface area contributed by atoms with Crippen molar-refractivity contribution in [1.29, 1.82) is 0 Å². The molecule has 0 aliphatic heterocycles. The molecule has 0 fully saturated rings. The van der Waals surface area contributed by atoms with Crippen molar-refractivity contribution in [2.45, 2.75) is 52.5 Å². The molecule has 0 bridgehead atoms. The first-order valence-corrected chi connectivity index (χ1v) is 7.34. The minimum atomic E-state index is 0.471. The summed E-state index contributed by atoms with van der Waals surface area (Å²) in [5.74, 6) is 0.562. The van der Waals surface area contributed by atoms with Gasteiger partial charge >= 0.3 is 0 Å². The highest BCUT2D eigenvalue weighted by Gasteiger charge is 2.08. The summed E-state index contributed by atoms with van der Waals surface area (Å²) in [6.07, 6.45) is 6.38. The van der Waals surface area contributed by atoms with Crippen LogP contribution in [0.25, 0.3) is 11.5 Å². The molecular weight excluding hydrogens is 250 g/mol. The number of nitrogens with one attached hydrogen (secondary N) is 1. The minimum absolute atomic E-state index is 0.471. The summed E-state index contributed by atoms with van der Waals surface area (Å²) >= 11 is 0. The van der Waals surface area contributed by atoms with Gasteiger partial charge < -0.3 is 9.73 Å². The van der Waals surface area contributed by atoms with Crippen LogP contribution in [0.3, 0.4) is 0 Å². The summed E-state index contributed by atoms with van der Waals surface area (Å²) < 4.78 is 5.25. The third kappa shape index (κ3) is 3.83. The summed E-state index contributed by atoms with van der Waals surface area (Å²) in [4.78, 5) is 0. The summed E-state index contributed by atoms with van der Waals surface area (Å²) in [7, 11) is 0. The second-order valence-electron chi connectivity index (χ2n) is 5.31. The number of hydrogen-bond acceptors (Lipinski definition) is 4. The summed E-state index contributed by atoms with van der Waals surface area (Å²) in [6.45, 7) is 6.57. The van der Waals surface area contributed by atoms with Gasteiger partial charge in [0.15, 0.2) is 0 Å². The molecule has 1 atom stereocenters. The molecule has 1 aromatic heterocycles. The van der Waals surface area contributed by atoms with Crippen molar-refractivity contribution in [3.63, 3.8) is 0 Å². The van der Waals surface area contributed by atoms with Crippen LogP contribution in [-0.4, -0.2) is 16.2 Å². The quantitative estimate of drug-likeness (QED) is 0.758. The Kier molecular flexibility index (Phi) is 5.16. The average molecular weight is 273 g/mol. The Bertz CT molecular complexity index is 523. The van der Waals surface area contributed by atoms with Gasteiger partial charge in [0.05, 0.1) is 0 Å².